The van der Waals surface area contributed by atoms with E-state index in [9.17, 15) is 8.42 Å². The molecule has 0 atom stereocenters. The third-order valence-corrected chi connectivity index (χ3v) is 7.13. The van der Waals surface area contributed by atoms with Gasteiger partial charge in [0, 0.05) is 32.0 Å². The van der Waals surface area contributed by atoms with Gasteiger partial charge in [0.05, 0.1) is 11.6 Å². The van der Waals surface area contributed by atoms with Crippen molar-refractivity contribution >= 4 is 39.0 Å². The van der Waals surface area contributed by atoms with Gasteiger partial charge in [0.1, 0.15) is 15.9 Å². The Bertz CT molecular complexity index is 861. The smallest absolute Gasteiger partial charge is 0.246 e. The van der Waals surface area contributed by atoms with Gasteiger partial charge in [0.2, 0.25) is 10.0 Å². The van der Waals surface area contributed by atoms with Gasteiger partial charge >= 0.3 is 0 Å². The van der Waals surface area contributed by atoms with Gasteiger partial charge in [0.25, 0.3) is 0 Å². The highest BCUT2D eigenvalue weighted by atomic mass is 35.5. The van der Waals surface area contributed by atoms with Gasteiger partial charge in [0.15, 0.2) is 0 Å². The molecule has 3 heterocycles. The lowest BCUT2D eigenvalue weighted by molar-refractivity contribution is 0.346. The third kappa shape index (κ3) is 3.79. The average Bonchev–Trinajstić information content (AvgIpc) is 2.88. The van der Waals surface area contributed by atoms with E-state index >= 15 is 0 Å². The molecule has 0 aliphatic carbocycles. The van der Waals surface area contributed by atoms with Crippen molar-refractivity contribution in [3.8, 4) is 0 Å². The van der Waals surface area contributed by atoms with Crippen molar-refractivity contribution < 1.29 is 8.42 Å². The first kappa shape index (κ1) is 18.5. The highest BCUT2D eigenvalue weighted by Gasteiger charge is 2.28. The third-order valence-electron chi connectivity index (χ3n) is 4.36. The van der Waals surface area contributed by atoms with E-state index < -0.39 is 10.0 Å². The van der Waals surface area contributed by atoms with Gasteiger partial charge in [-0.3, -0.25) is 0 Å². The molecule has 1 N–H and O–H groups in total. The minimum atomic E-state index is -3.56. The summed E-state index contributed by atoms with van der Waals surface area (Å²) in [7, 11) is -1.76. The van der Waals surface area contributed by atoms with Crippen LogP contribution in [0.5, 0.6) is 0 Å². The molecule has 2 aromatic rings. The Hall–Kier alpha value is -1.28. The normalized spacial score (nSPS) is 16.1. The Balaban J connectivity index is 1.84. The lowest BCUT2D eigenvalue weighted by Gasteiger charge is -2.26. The Morgan fingerprint density at radius 2 is 1.96 bits per heavy atom. The molecular weight excluding hydrogens is 383 g/mol. The molecule has 0 unspecified atom stereocenters. The van der Waals surface area contributed by atoms with Crippen molar-refractivity contribution in [2.75, 3.05) is 18.4 Å². The summed E-state index contributed by atoms with van der Waals surface area (Å²) in [6, 6.07) is 4.97. The van der Waals surface area contributed by atoms with Crippen LogP contribution < -0.4 is 5.32 Å². The number of hydrogen-bond donors (Lipinski definition) is 1. The Kier molecular flexibility index (Phi) is 5.58. The summed E-state index contributed by atoms with van der Waals surface area (Å²) in [4.78, 5) is 4.42. The predicted octanol–water partition coefficient (Wildman–Crippen LogP) is 3.51. The van der Waals surface area contributed by atoms with Crippen molar-refractivity contribution in [3.63, 3.8) is 0 Å². The molecule has 0 aromatic carbocycles. The van der Waals surface area contributed by atoms with Crippen LogP contribution in [-0.2, 0) is 23.6 Å². The van der Waals surface area contributed by atoms with Gasteiger partial charge in [-0.1, -0.05) is 29.6 Å². The fraction of sp³-hybridized carbons (Fsp3) is 0.438. The number of hydrogen-bond acceptors (Lipinski definition) is 4. The summed E-state index contributed by atoms with van der Waals surface area (Å²) in [6.45, 7) is 1.47. The number of anilines is 1. The lowest BCUT2D eigenvalue weighted by Crippen LogP contribution is -2.36. The summed E-state index contributed by atoms with van der Waals surface area (Å²) in [5.41, 5.74) is 0.835. The van der Waals surface area contributed by atoms with Crippen molar-refractivity contribution in [2.24, 2.45) is 7.05 Å². The van der Waals surface area contributed by atoms with Gasteiger partial charge in [-0.15, -0.1) is 0 Å². The van der Waals surface area contributed by atoms with E-state index in [1.54, 1.807) is 36.0 Å². The number of sulfonamides is 1. The van der Waals surface area contributed by atoms with Gasteiger partial charge in [-0.2, -0.15) is 4.31 Å². The molecule has 1 saturated heterocycles. The van der Waals surface area contributed by atoms with E-state index in [0.29, 0.717) is 35.6 Å². The van der Waals surface area contributed by atoms with Crippen LogP contribution in [0.15, 0.2) is 29.3 Å². The molecule has 9 heteroatoms. The molecule has 25 heavy (non-hydrogen) atoms. The first-order valence-corrected chi connectivity index (χ1v) is 10.3. The fourth-order valence-corrected chi connectivity index (χ4v) is 4.96. The van der Waals surface area contributed by atoms with Crippen LogP contribution in [0.2, 0.25) is 10.2 Å². The zero-order valence-electron chi connectivity index (χ0n) is 13.9. The predicted molar refractivity (Wildman–Crippen MR) is 99.6 cm³/mol. The minimum absolute atomic E-state index is 0.198. The molecule has 1 aliphatic rings. The van der Waals surface area contributed by atoms with Crippen molar-refractivity contribution in [2.45, 2.75) is 30.7 Å². The number of piperidine rings is 1. The van der Waals surface area contributed by atoms with E-state index in [2.05, 4.69) is 10.3 Å². The van der Waals surface area contributed by atoms with E-state index in [0.717, 1.165) is 25.0 Å². The summed E-state index contributed by atoms with van der Waals surface area (Å²) >= 11 is 12.1. The monoisotopic (exact) mass is 402 g/mol. The average molecular weight is 403 g/mol. The van der Waals surface area contributed by atoms with Crippen LogP contribution in [0.3, 0.4) is 0 Å². The second kappa shape index (κ2) is 7.53. The molecule has 1 fully saturated rings. The summed E-state index contributed by atoms with van der Waals surface area (Å²) in [5.74, 6) is 0.335. The topological polar surface area (TPSA) is 67.2 Å². The first-order chi connectivity index (χ1) is 11.9. The van der Waals surface area contributed by atoms with E-state index in [-0.39, 0.29) is 4.90 Å². The second-order valence-electron chi connectivity index (χ2n) is 6.00. The van der Waals surface area contributed by atoms with Crippen LogP contribution in [0.25, 0.3) is 0 Å². The quantitative estimate of drug-likeness (QED) is 0.830. The molecule has 0 amide bonds. The van der Waals surface area contributed by atoms with Gasteiger partial charge in [-0.25, -0.2) is 13.4 Å². The van der Waals surface area contributed by atoms with Crippen LogP contribution in [0.4, 0.5) is 5.82 Å². The summed E-state index contributed by atoms with van der Waals surface area (Å²) < 4.78 is 29.2. The summed E-state index contributed by atoms with van der Waals surface area (Å²) in [5, 5.41) is 4.01. The Morgan fingerprint density at radius 1 is 1.24 bits per heavy atom. The molecule has 136 valence electrons. The molecule has 0 saturated carbocycles. The standard InChI is InChI=1S/C16H20Cl2N4O2S/c1-21-12(10-13(17)15(21)18)11-20-16-14(6-5-7-19-16)25(23,24)22-8-3-2-4-9-22/h5-7,10H,2-4,8-9,11H2,1H3,(H,19,20). The number of nitrogens with zero attached hydrogens (tertiary/aromatic N) is 3. The van der Waals surface area contributed by atoms with Crippen LogP contribution in [-0.4, -0.2) is 35.4 Å². The van der Waals surface area contributed by atoms with Crippen LogP contribution >= 0.6 is 23.2 Å². The zero-order chi connectivity index (χ0) is 18.0. The summed E-state index contributed by atoms with van der Waals surface area (Å²) in [6.07, 6.45) is 4.42. The van der Waals surface area contributed by atoms with Gasteiger partial charge in [-0.05, 0) is 31.0 Å². The second-order valence-corrected chi connectivity index (χ2v) is 8.67. The van der Waals surface area contributed by atoms with Crippen LogP contribution in [0.1, 0.15) is 25.0 Å². The Morgan fingerprint density at radius 3 is 2.60 bits per heavy atom. The fourth-order valence-electron chi connectivity index (χ4n) is 2.91. The first-order valence-electron chi connectivity index (χ1n) is 8.10. The number of pyridine rings is 1. The van der Waals surface area contributed by atoms with E-state index in [1.807, 2.05) is 0 Å². The molecule has 3 rings (SSSR count). The maximum Gasteiger partial charge on any atom is 0.246 e. The molecule has 0 radical (unpaired) electrons. The molecule has 6 nitrogen and oxygen atoms in total. The highest BCUT2D eigenvalue weighted by molar-refractivity contribution is 7.89. The molecule has 0 bridgehead atoms. The minimum Gasteiger partial charge on any atom is -0.363 e. The Labute approximate surface area is 157 Å². The molecular formula is C16H20Cl2N4O2S. The van der Waals surface area contributed by atoms with Crippen molar-refractivity contribution in [1.29, 1.82) is 0 Å². The maximum atomic E-state index is 12.9. The molecule has 1 aliphatic heterocycles. The van der Waals surface area contributed by atoms with Crippen molar-refractivity contribution in [1.82, 2.24) is 13.9 Å². The number of aromatic nitrogens is 2. The molecule has 0 spiro atoms. The zero-order valence-corrected chi connectivity index (χ0v) is 16.2. The molecule has 2 aromatic heterocycles. The van der Waals surface area contributed by atoms with E-state index in [1.165, 1.54) is 4.31 Å². The van der Waals surface area contributed by atoms with E-state index in [4.69, 9.17) is 23.2 Å². The van der Waals surface area contributed by atoms with Crippen molar-refractivity contribution in [3.05, 3.63) is 40.3 Å². The number of halogens is 2. The maximum absolute atomic E-state index is 12.9. The number of rotatable bonds is 5. The largest absolute Gasteiger partial charge is 0.363 e. The lowest BCUT2D eigenvalue weighted by atomic mass is 10.2. The number of nitrogens with one attached hydrogen (secondary N) is 1. The SMILES string of the molecule is Cn1c(CNc2ncccc2S(=O)(=O)N2CCCCC2)cc(Cl)c1Cl. The van der Waals surface area contributed by atoms with Crippen LogP contribution in [0, 0.1) is 0 Å². The highest BCUT2D eigenvalue weighted by Crippen LogP contribution is 2.28. The van der Waals surface area contributed by atoms with Gasteiger partial charge < -0.3 is 9.88 Å².